The van der Waals surface area contributed by atoms with E-state index in [1.807, 2.05) is 6.07 Å². The number of aromatic nitrogens is 2. The van der Waals surface area contributed by atoms with Gasteiger partial charge in [-0.05, 0) is 57.7 Å². The van der Waals surface area contributed by atoms with E-state index in [0.29, 0.717) is 17.8 Å². The highest BCUT2D eigenvalue weighted by molar-refractivity contribution is 7.99. The van der Waals surface area contributed by atoms with Crippen LogP contribution in [0.2, 0.25) is 0 Å². The number of H-pyrrole nitrogens is 1. The van der Waals surface area contributed by atoms with Crippen LogP contribution in [0.15, 0.2) is 23.4 Å². The molecule has 5 heteroatoms. The van der Waals surface area contributed by atoms with Gasteiger partial charge in [-0.2, -0.15) is 0 Å². The minimum atomic E-state index is 0.223. The molecule has 0 spiro atoms. The maximum absolute atomic E-state index is 12.5. The van der Waals surface area contributed by atoms with Gasteiger partial charge in [0.2, 0.25) is 5.91 Å². The van der Waals surface area contributed by atoms with Gasteiger partial charge >= 0.3 is 0 Å². The molecule has 1 fully saturated rings. The van der Waals surface area contributed by atoms with Crippen LogP contribution in [0.5, 0.6) is 0 Å². The highest BCUT2D eigenvalue weighted by Gasteiger charge is 2.28. The predicted octanol–water partition coefficient (Wildman–Crippen LogP) is 3.75. The highest BCUT2D eigenvalue weighted by atomic mass is 32.2. The second kappa shape index (κ2) is 6.32. The smallest absolute Gasteiger partial charge is 0.233 e. The van der Waals surface area contributed by atoms with Gasteiger partial charge in [0.25, 0.3) is 0 Å². The van der Waals surface area contributed by atoms with E-state index in [-0.39, 0.29) is 5.91 Å². The van der Waals surface area contributed by atoms with E-state index in [1.54, 1.807) is 0 Å². The number of carbonyl (C=O) groups excluding carboxylic acids is 1. The van der Waals surface area contributed by atoms with E-state index < -0.39 is 0 Å². The van der Waals surface area contributed by atoms with Gasteiger partial charge < -0.3 is 9.88 Å². The lowest BCUT2D eigenvalue weighted by atomic mass is 9.98. The monoisotopic (exact) mass is 317 g/mol. The number of aryl methyl sites for hydroxylation is 1. The summed E-state index contributed by atoms with van der Waals surface area (Å²) >= 11 is 1.50. The molecule has 1 N–H and O–H groups in total. The first-order valence-corrected chi connectivity index (χ1v) is 8.93. The largest absolute Gasteiger partial charge is 0.337 e. The first kappa shape index (κ1) is 15.4. The summed E-state index contributed by atoms with van der Waals surface area (Å²) in [5.74, 6) is 0.675. The number of nitrogens with one attached hydrogen (secondary N) is 1. The summed E-state index contributed by atoms with van der Waals surface area (Å²) in [5, 5.41) is 0.825. The lowest BCUT2D eigenvalue weighted by Gasteiger charge is -2.39. The molecule has 22 heavy (non-hydrogen) atoms. The molecule has 1 aromatic heterocycles. The zero-order chi connectivity index (χ0) is 15.7. The van der Waals surface area contributed by atoms with Gasteiger partial charge in [0.05, 0.1) is 16.8 Å². The summed E-state index contributed by atoms with van der Waals surface area (Å²) in [6.45, 7) is 6.38. The summed E-state index contributed by atoms with van der Waals surface area (Å²) in [6, 6.07) is 6.87. The van der Waals surface area contributed by atoms with Crippen LogP contribution in [-0.4, -0.2) is 38.6 Å². The Labute approximate surface area is 135 Å². The van der Waals surface area contributed by atoms with Gasteiger partial charge in [0.1, 0.15) is 0 Å². The first-order chi connectivity index (χ1) is 10.5. The number of amides is 1. The van der Waals surface area contributed by atoms with Crippen LogP contribution in [0.25, 0.3) is 11.0 Å². The number of imidazole rings is 1. The molecular formula is C17H23N3OS. The molecule has 1 aliphatic heterocycles. The summed E-state index contributed by atoms with van der Waals surface area (Å²) in [6.07, 6.45) is 3.46. The van der Waals surface area contributed by atoms with Gasteiger partial charge in [-0.25, -0.2) is 4.98 Å². The third-order valence-corrected chi connectivity index (χ3v) is 5.29. The summed E-state index contributed by atoms with van der Waals surface area (Å²) in [7, 11) is 0. The van der Waals surface area contributed by atoms with Crippen molar-refractivity contribution in [3.63, 3.8) is 0 Å². The molecule has 0 bridgehead atoms. The van der Waals surface area contributed by atoms with Crippen molar-refractivity contribution in [2.75, 3.05) is 5.75 Å². The summed E-state index contributed by atoms with van der Waals surface area (Å²) < 4.78 is 0. The number of piperidine rings is 1. The van der Waals surface area contributed by atoms with Crippen molar-refractivity contribution in [2.45, 2.75) is 57.3 Å². The topological polar surface area (TPSA) is 49.0 Å². The summed E-state index contributed by atoms with van der Waals surface area (Å²) in [4.78, 5) is 22.4. The second-order valence-corrected chi connectivity index (χ2v) is 7.25. The Morgan fingerprint density at radius 1 is 1.36 bits per heavy atom. The molecule has 2 heterocycles. The highest BCUT2D eigenvalue weighted by Crippen LogP contribution is 2.25. The fourth-order valence-corrected chi connectivity index (χ4v) is 4.04. The number of thioether (sulfide) groups is 1. The molecule has 1 aromatic carbocycles. The number of benzene rings is 1. The molecule has 2 aromatic rings. The summed E-state index contributed by atoms with van der Waals surface area (Å²) in [5.41, 5.74) is 3.20. The van der Waals surface area contributed by atoms with Gasteiger partial charge in [-0.15, -0.1) is 0 Å². The molecule has 4 nitrogen and oxygen atoms in total. The zero-order valence-corrected chi connectivity index (χ0v) is 14.2. The molecule has 1 aliphatic rings. The Morgan fingerprint density at radius 3 is 2.82 bits per heavy atom. The molecule has 0 aliphatic carbocycles. The average Bonchev–Trinajstić information content (AvgIpc) is 2.87. The lowest BCUT2D eigenvalue weighted by Crippen LogP contribution is -2.48. The molecular weight excluding hydrogens is 294 g/mol. The van der Waals surface area contributed by atoms with Gasteiger partial charge in [-0.3, -0.25) is 4.79 Å². The van der Waals surface area contributed by atoms with Crippen LogP contribution in [0, 0.1) is 6.92 Å². The van der Waals surface area contributed by atoms with E-state index in [4.69, 9.17) is 0 Å². The molecule has 0 saturated carbocycles. The number of carbonyl (C=O) groups is 1. The maximum Gasteiger partial charge on any atom is 0.233 e. The van der Waals surface area contributed by atoms with E-state index >= 15 is 0 Å². The van der Waals surface area contributed by atoms with Crippen molar-refractivity contribution >= 4 is 28.7 Å². The predicted molar refractivity (Wildman–Crippen MR) is 91.2 cm³/mol. The molecule has 0 radical (unpaired) electrons. The minimum Gasteiger partial charge on any atom is -0.337 e. The molecule has 2 atom stereocenters. The number of nitrogens with zero attached hydrogens (tertiary/aromatic N) is 2. The van der Waals surface area contributed by atoms with E-state index in [0.717, 1.165) is 29.0 Å². The van der Waals surface area contributed by atoms with E-state index in [1.165, 1.54) is 23.7 Å². The minimum absolute atomic E-state index is 0.223. The third kappa shape index (κ3) is 3.14. The van der Waals surface area contributed by atoms with Crippen LogP contribution in [0.3, 0.4) is 0 Å². The Kier molecular flexibility index (Phi) is 4.43. The Hall–Kier alpha value is -1.49. The van der Waals surface area contributed by atoms with Crippen LogP contribution in [-0.2, 0) is 4.79 Å². The van der Waals surface area contributed by atoms with Crippen molar-refractivity contribution in [2.24, 2.45) is 0 Å². The standard InChI is InChI=1S/C17H23N3OS/c1-11-7-8-14-15(9-11)19-17(18-14)22-10-16(21)20-12(2)5-4-6-13(20)3/h7-9,12-13H,4-6,10H2,1-3H3,(H,18,19)/t12-,13+. The molecule has 1 saturated heterocycles. The number of aromatic amines is 1. The van der Waals surface area contributed by atoms with Crippen molar-refractivity contribution in [3.05, 3.63) is 23.8 Å². The molecule has 1 amide bonds. The molecule has 3 rings (SSSR count). The Balaban J connectivity index is 1.66. The van der Waals surface area contributed by atoms with Crippen molar-refractivity contribution in [3.8, 4) is 0 Å². The van der Waals surface area contributed by atoms with Crippen LogP contribution in [0.1, 0.15) is 38.7 Å². The Bertz CT molecular complexity index is 672. The lowest BCUT2D eigenvalue weighted by molar-refractivity contribution is -0.134. The van der Waals surface area contributed by atoms with Gasteiger partial charge in [-0.1, -0.05) is 17.8 Å². The molecule has 0 unspecified atom stereocenters. The third-order valence-electron chi connectivity index (χ3n) is 4.43. The van der Waals surface area contributed by atoms with Crippen LogP contribution in [0.4, 0.5) is 0 Å². The number of fused-ring (bicyclic) bond motifs is 1. The van der Waals surface area contributed by atoms with Crippen molar-refractivity contribution in [1.29, 1.82) is 0 Å². The maximum atomic E-state index is 12.5. The van der Waals surface area contributed by atoms with Gasteiger partial charge in [0, 0.05) is 12.1 Å². The average molecular weight is 317 g/mol. The fourth-order valence-electron chi connectivity index (χ4n) is 3.29. The SMILES string of the molecule is Cc1ccc2nc(SCC(=O)N3[C@H](C)CCC[C@@H]3C)[nH]c2c1. The van der Waals surface area contributed by atoms with Crippen molar-refractivity contribution in [1.82, 2.24) is 14.9 Å². The Morgan fingerprint density at radius 2 is 2.09 bits per heavy atom. The quantitative estimate of drug-likeness (QED) is 0.877. The number of hydrogen-bond donors (Lipinski definition) is 1. The normalized spacial score (nSPS) is 22.2. The van der Waals surface area contributed by atoms with Gasteiger partial charge in [0.15, 0.2) is 5.16 Å². The second-order valence-electron chi connectivity index (χ2n) is 6.28. The van der Waals surface area contributed by atoms with Crippen LogP contribution >= 0.6 is 11.8 Å². The van der Waals surface area contributed by atoms with E-state index in [9.17, 15) is 4.79 Å². The first-order valence-electron chi connectivity index (χ1n) is 7.95. The van der Waals surface area contributed by atoms with Crippen molar-refractivity contribution < 1.29 is 4.79 Å². The number of hydrogen-bond acceptors (Lipinski definition) is 3. The number of likely N-dealkylation sites (tertiary alicyclic amines) is 1. The fraction of sp³-hybridized carbons (Fsp3) is 0.529. The number of rotatable bonds is 3. The van der Waals surface area contributed by atoms with E-state index in [2.05, 4.69) is 47.8 Å². The molecule has 118 valence electrons. The van der Waals surface area contributed by atoms with Crippen LogP contribution < -0.4 is 0 Å². The zero-order valence-electron chi connectivity index (χ0n) is 13.4.